The maximum Gasteiger partial charge on any atom is 0.338 e. The van der Waals surface area contributed by atoms with Crippen LogP contribution in [-0.2, 0) is 9.53 Å². The molecule has 0 atom stereocenters. The van der Waals surface area contributed by atoms with Gasteiger partial charge in [-0.15, -0.1) is 0 Å². The molecule has 80 valence electrons. The summed E-state index contributed by atoms with van der Waals surface area (Å²) in [5.74, 6) is -0.421. The molecule has 0 bridgehead atoms. The van der Waals surface area contributed by atoms with Crippen molar-refractivity contribution in [2.75, 3.05) is 6.61 Å². The van der Waals surface area contributed by atoms with E-state index in [9.17, 15) is 9.90 Å². The Labute approximate surface area is 84.4 Å². The fraction of sp³-hybridized carbons (Fsp3) is 0.909. The Balaban J connectivity index is 1.93. The highest BCUT2D eigenvalue weighted by Gasteiger charge is 2.51. The minimum absolute atomic E-state index is 0.353. The summed E-state index contributed by atoms with van der Waals surface area (Å²) >= 11 is 0. The topological polar surface area (TPSA) is 46.5 Å². The minimum atomic E-state index is -1.18. The summed E-state index contributed by atoms with van der Waals surface area (Å²) in [6, 6.07) is 0. The van der Waals surface area contributed by atoms with Gasteiger partial charge >= 0.3 is 5.97 Å². The summed E-state index contributed by atoms with van der Waals surface area (Å²) in [5.41, 5.74) is -0.678. The number of hydrogen-bond acceptors (Lipinski definition) is 3. The third-order valence-corrected chi connectivity index (χ3v) is 3.75. The van der Waals surface area contributed by atoms with E-state index in [4.69, 9.17) is 4.74 Å². The van der Waals surface area contributed by atoms with Crippen LogP contribution in [0, 0.1) is 5.41 Å². The fourth-order valence-electron chi connectivity index (χ4n) is 2.34. The van der Waals surface area contributed by atoms with E-state index in [2.05, 4.69) is 0 Å². The van der Waals surface area contributed by atoms with Gasteiger partial charge in [0.1, 0.15) is 0 Å². The van der Waals surface area contributed by atoms with Crippen molar-refractivity contribution >= 4 is 5.97 Å². The van der Waals surface area contributed by atoms with Crippen molar-refractivity contribution in [2.24, 2.45) is 5.41 Å². The van der Waals surface area contributed by atoms with E-state index in [0.717, 1.165) is 12.8 Å². The molecule has 1 N–H and O–H groups in total. The summed E-state index contributed by atoms with van der Waals surface area (Å²) in [5, 5.41) is 10.1. The lowest BCUT2D eigenvalue weighted by molar-refractivity contribution is -0.169. The van der Waals surface area contributed by atoms with Crippen LogP contribution in [0.3, 0.4) is 0 Å². The van der Waals surface area contributed by atoms with Gasteiger partial charge in [-0.05, 0) is 50.9 Å². The second-order valence-electron chi connectivity index (χ2n) is 4.75. The molecular formula is C11H18O3. The highest BCUT2D eigenvalue weighted by molar-refractivity contribution is 5.79. The van der Waals surface area contributed by atoms with E-state index in [1.807, 2.05) is 0 Å². The lowest BCUT2D eigenvalue weighted by Crippen LogP contribution is -2.43. The summed E-state index contributed by atoms with van der Waals surface area (Å²) in [7, 11) is 0. The van der Waals surface area contributed by atoms with E-state index in [1.165, 1.54) is 12.8 Å². The van der Waals surface area contributed by atoms with Crippen LogP contribution >= 0.6 is 0 Å². The monoisotopic (exact) mass is 198 g/mol. The van der Waals surface area contributed by atoms with Crippen molar-refractivity contribution in [3.63, 3.8) is 0 Å². The Morgan fingerprint density at radius 2 is 1.71 bits per heavy atom. The molecule has 0 aliphatic heterocycles. The van der Waals surface area contributed by atoms with Crippen molar-refractivity contribution in [2.45, 2.75) is 51.0 Å². The van der Waals surface area contributed by atoms with E-state index in [-0.39, 0.29) is 0 Å². The normalized spacial score (nSPS) is 27.3. The molecule has 0 aromatic carbocycles. The van der Waals surface area contributed by atoms with Crippen molar-refractivity contribution < 1.29 is 14.6 Å². The molecule has 0 aromatic heterocycles. The van der Waals surface area contributed by atoms with Crippen molar-refractivity contribution in [3.8, 4) is 0 Å². The zero-order valence-electron chi connectivity index (χ0n) is 8.71. The average molecular weight is 198 g/mol. The van der Waals surface area contributed by atoms with Crippen molar-refractivity contribution in [1.82, 2.24) is 0 Å². The molecule has 2 fully saturated rings. The quantitative estimate of drug-likeness (QED) is 0.686. The molecule has 0 amide bonds. The number of esters is 1. The third kappa shape index (κ3) is 1.65. The molecule has 1 spiro atoms. The number of hydrogen-bond donors (Lipinski definition) is 1. The first-order valence-electron chi connectivity index (χ1n) is 5.50. The highest BCUT2D eigenvalue weighted by atomic mass is 16.5. The van der Waals surface area contributed by atoms with E-state index in [0.29, 0.717) is 24.9 Å². The van der Waals surface area contributed by atoms with Gasteiger partial charge in [-0.3, -0.25) is 0 Å². The van der Waals surface area contributed by atoms with Crippen LogP contribution in [-0.4, -0.2) is 23.3 Å². The fourth-order valence-corrected chi connectivity index (χ4v) is 2.34. The second-order valence-corrected chi connectivity index (χ2v) is 4.75. The van der Waals surface area contributed by atoms with Gasteiger partial charge in [0.15, 0.2) is 5.60 Å². The first-order chi connectivity index (χ1) is 6.60. The van der Waals surface area contributed by atoms with E-state index >= 15 is 0 Å². The highest BCUT2D eigenvalue weighted by Crippen LogP contribution is 2.57. The number of carbonyl (C=O) groups excluding carboxylic acids is 1. The summed E-state index contributed by atoms with van der Waals surface area (Å²) in [6.45, 7) is 2.12. The Kier molecular flexibility index (Phi) is 2.30. The minimum Gasteiger partial charge on any atom is -0.464 e. The molecule has 3 heteroatoms. The van der Waals surface area contributed by atoms with Crippen molar-refractivity contribution in [3.05, 3.63) is 0 Å². The zero-order valence-corrected chi connectivity index (χ0v) is 8.71. The lowest BCUT2D eigenvalue weighted by atomic mass is 9.77. The maximum atomic E-state index is 11.5. The first-order valence-corrected chi connectivity index (χ1v) is 5.50. The van der Waals surface area contributed by atoms with Gasteiger partial charge < -0.3 is 9.84 Å². The van der Waals surface area contributed by atoms with Crippen LogP contribution in [0.4, 0.5) is 0 Å². The summed E-state index contributed by atoms with van der Waals surface area (Å²) < 4.78 is 4.88. The molecule has 0 saturated heterocycles. The van der Waals surface area contributed by atoms with Crippen molar-refractivity contribution in [1.29, 1.82) is 0 Å². The van der Waals surface area contributed by atoms with Crippen LogP contribution in [0.25, 0.3) is 0 Å². The van der Waals surface area contributed by atoms with Crippen LogP contribution in [0.15, 0.2) is 0 Å². The zero-order chi connectivity index (χ0) is 10.2. The molecule has 2 saturated carbocycles. The third-order valence-electron chi connectivity index (χ3n) is 3.75. The van der Waals surface area contributed by atoms with Gasteiger partial charge in [0.2, 0.25) is 0 Å². The molecule has 2 rings (SSSR count). The Hall–Kier alpha value is -0.570. The number of carbonyl (C=O) groups is 1. The van der Waals surface area contributed by atoms with Crippen LogP contribution in [0.2, 0.25) is 0 Å². The molecule has 2 aliphatic carbocycles. The van der Waals surface area contributed by atoms with Gasteiger partial charge in [-0.25, -0.2) is 4.79 Å². The standard InChI is InChI=1S/C11H18O3/c1-2-14-9(12)11(13)7-5-10(3-4-10)6-8-11/h13H,2-8H2,1H3. The molecule has 2 aliphatic rings. The maximum absolute atomic E-state index is 11.5. The number of rotatable bonds is 2. The molecule has 3 nitrogen and oxygen atoms in total. The molecule has 0 aromatic rings. The SMILES string of the molecule is CCOC(=O)C1(O)CCC2(CC2)CC1. The van der Waals surface area contributed by atoms with Gasteiger partial charge in [-0.2, -0.15) is 0 Å². The van der Waals surface area contributed by atoms with E-state index < -0.39 is 11.6 Å². The number of ether oxygens (including phenoxy) is 1. The predicted molar refractivity (Wildman–Crippen MR) is 51.7 cm³/mol. The van der Waals surface area contributed by atoms with Gasteiger partial charge in [0, 0.05) is 0 Å². The van der Waals surface area contributed by atoms with Crippen LogP contribution in [0.1, 0.15) is 45.4 Å². The largest absolute Gasteiger partial charge is 0.464 e. The van der Waals surface area contributed by atoms with Crippen LogP contribution in [0.5, 0.6) is 0 Å². The van der Waals surface area contributed by atoms with Gasteiger partial charge in [0.05, 0.1) is 6.61 Å². The first kappa shape index (κ1) is 9.97. The Morgan fingerprint density at radius 3 is 2.14 bits per heavy atom. The predicted octanol–water partition coefficient (Wildman–Crippen LogP) is 1.63. The number of aliphatic hydroxyl groups is 1. The van der Waals surface area contributed by atoms with Gasteiger partial charge in [-0.1, -0.05) is 0 Å². The summed E-state index contributed by atoms with van der Waals surface area (Å²) in [6.07, 6.45) is 5.72. The molecular weight excluding hydrogens is 180 g/mol. The van der Waals surface area contributed by atoms with Gasteiger partial charge in [0.25, 0.3) is 0 Å². The van der Waals surface area contributed by atoms with Crippen LogP contribution < -0.4 is 0 Å². The molecule has 0 radical (unpaired) electrons. The Bertz CT molecular complexity index is 233. The molecule has 14 heavy (non-hydrogen) atoms. The second kappa shape index (κ2) is 3.23. The Morgan fingerprint density at radius 1 is 1.21 bits per heavy atom. The smallest absolute Gasteiger partial charge is 0.338 e. The average Bonchev–Trinajstić information content (AvgIpc) is 2.92. The molecule has 0 heterocycles. The van der Waals surface area contributed by atoms with E-state index in [1.54, 1.807) is 6.92 Å². The molecule has 0 unspecified atom stereocenters. The summed E-state index contributed by atoms with van der Waals surface area (Å²) in [4.78, 5) is 11.5. The lowest BCUT2D eigenvalue weighted by Gasteiger charge is -2.34.